The third-order valence-electron chi connectivity index (χ3n) is 3.86. The van der Waals surface area contributed by atoms with E-state index in [9.17, 15) is 4.79 Å². The molecule has 7 heteroatoms. The van der Waals surface area contributed by atoms with Gasteiger partial charge in [0.2, 0.25) is 0 Å². The van der Waals surface area contributed by atoms with Gasteiger partial charge in [-0.2, -0.15) is 0 Å². The Kier molecular flexibility index (Phi) is 5.37. The van der Waals surface area contributed by atoms with E-state index in [0.717, 1.165) is 22.0 Å². The van der Waals surface area contributed by atoms with Crippen molar-refractivity contribution >= 4 is 17.2 Å². The number of aromatic nitrogens is 2. The molecule has 0 aliphatic heterocycles. The van der Waals surface area contributed by atoms with Crippen LogP contribution in [0.3, 0.4) is 0 Å². The number of thiazole rings is 1. The zero-order chi connectivity index (χ0) is 18.7. The van der Waals surface area contributed by atoms with Crippen LogP contribution < -0.4 is 10.1 Å². The maximum atomic E-state index is 12.4. The van der Waals surface area contributed by atoms with Gasteiger partial charge >= 0.3 is 0 Å². The third-order valence-corrected chi connectivity index (χ3v) is 5.31. The number of rotatable bonds is 6. The molecule has 0 radical (unpaired) electrons. The first-order valence-electron chi connectivity index (χ1n) is 8.33. The molecule has 26 heavy (non-hydrogen) atoms. The maximum Gasteiger partial charge on any atom is 0.263 e. The predicted molar refractivity (Wildman–Crippen MR) is 101 cm³/mol. The van der Waals surface area contributed by atoms with Crippen LogP contribution in [-0.4, -0.2) is 23.2 Å². The molecule has 136 valence electrons. The van der Waals surface area contributed by atoms with Gasteiger partial charge in [-0.25, -0.2) is 4.98 Å². The first-order chi connectivity index (χ1) is 12.5. The number of carbonyl (C=O) groups excluding carboxylic acids is 1. The molecule has 0 unspecified atom stereocenters. The third kappa shape index (κ3) is 3.94. The lowest BCUT2D eigenvalue weighted by Gasteiger charge is -2.01. The highest BCUT2D eigenvalue weighted by Crippen LogP contribution is 2.26. The Morgan fingerprint density at radius 1 is 1.35 bits per heavy atom. The van der Waals surface area contributed by atoms with Crippen LogP contribution in [0.5, 0.6) is 5.75 Å². The van der Waals surface area contributed by atoms with E-state index in [0.29, 0.717) is 28.8 Å². The van der Waals surface area contributed by atoms with E-state index in [1.165, 1.54) is 11.3 Å². The van der Waals surface area contributed by atoms with Crippen molar-refractivity contribution in [2.75, 3.05) is 7.11 Å². The molecule has 6 nitrogen and oxygen atoms in total. The lowest BCUT2D eigenvalue weighted by Crippen LogP contribution is -2.22. The fourth-order valence-corrected chi connectivity index (χ4v) is 3.42. The summed E-state index contributed by atoms with van der Waals surface area (Å²) in [5, 5.41) is 7.87. The Morgan fingerprint density at radius 2 is 2.15 bits per heavy atom. The Balaban J connectivity index is 1.67. The molecule has 1 amide bonds. The van der Waals surface area contributed by atoms with Gasteiger partial charge in [-0.15, -0.1) is 11.3 Å². The predicted octanol–water partition coefficient (Wildman–Crippen LogP) is 4.17. The highest BCUT2D eigenvalue weighted by molar-refractivity contribution is 7.13. The van der Waals surface area contributed by atoms with Crippen LogP contribution in [-0.2, 0) is 6.54 Å². The van der Waals surface area contributed by atoms with E-state index < -0.39 is 0 Å². The minimum absolute atomic E-state index is 0.141. The van der Waals surface area contributed by atoms with Crippen molar-refractivity contribution < 1.29 is 14.1 Å². The minimum Gasteiger partial charge on any atom is -0.497 e. The van der Waals surface area contributed by atoms with Gasteiger partial charge in [0.1, 0.15) is 16.3 Å². The van der Waals surface area contributed by atoms with Crippen molar-refractivity contribution in [2.45, 2.75) is 33.2 Å². The monoisotopic (exact) mass is 371 g/mol. The minimum atomic E-state index is -0.141. The first kappa shape index (κ1) is 18.1. The van der Waals surface area contributed by atoms with Gasteiger partial charge in [0.05, 0.1) is 24.4 Å². The number of aryl methyl sites for hydroxylation is 1. The number of benzene rings is 1. The van der Waals surface area contributed by atoms with Crippen LogP contribution in [0.4, 0.5) is 0 Å². The van der Waals surface area contributed by atoms with Crippen LogP contribution in [0.15, 0.2) is 34.9 Å². The summed E-state index contributed by atoms with van der Waals surface area (Å²) in [6, 6.07) is 9.35. The molecule has 0 aliphatic carbocycles. The Hall–Kier alpha value is -2.67. The van der Waals surface area contributed by atoms with E-state index in [-0.39, 0.29) is 5.91 Å². The second kappa shape index (κ2) is 7.70. The molecule has 1 aromatic carbocycles. The standard InChI is InChI=1S/C19H21N3O3S/c1-11(2)19-21-12(3)17(26-19)18(23)20-10-14-9-16(25-22-14)13-6-5-7-15(8-13)24-4/h5-9,11H,10H2,1-4H3,(H,20,23). The zero-order valence-corrected chi connectivity index (χ0v) is 16.0. The largest absolute Gasteiger partial charge is 0.497 e. The lowest BCUT2D eigenvalue weighted by atomic mass is 10.1. The molecule has 0 saturated heterocycles. The molecule has 0 spiro atoms. The first-order valence-corrected chi connectivity index (χ1v) is 9.15. The summed E-state index contributed by atoms with van der Waals surface area (Å²) in [6.07, 6.45) is 0. The number of nitrogens with zero attached hydrogens (tertiary/aromatic N) is 2. The summed E-state index contributed by atoms with van der Waals surface area (Å²) in [5.74, 6) is 1.54. The van der Waals surface area contributed by atoms with Gasteiger partial charge in [-0.3, -0.25) is 4.79 Å². The molecule has 1 N–H and O–H groups in total. The summed E-state index contributed by atoms with van der Waals surface area (Å²) in [6.45, 7) is 6.28. The molecule has 2 heterocycles. The van der Waals surface area contributed by atoms with Gasteiger partial charge in [-0.1, -0.05) is 31.1 Å². The van der Waals surface area contributed by atoms with Crippen molar-refractivity contribution in [3.8, 4) is 17.1 Å². The second-order valence-corrected chi connectivity index (χ2v) is 7.25. The lowest BCUT2D eigenvalue weighted by molar-refractivity contribution is 0.0953. The molecular formula is C19H21N3O3S. The van der Waals surface area contributed by atoms with Crippen LogP contribution >= 0.6 is 11.3 Å². The van der Waals surface area contributed by atoms with Crippen molar-refractivity contribution in [3.63, 3.8) is 0 Å². The van der Waals surface area contributed by atoms with E-state index in [1.807, 2.05) is 37.3 Å². The molecule has 0 atom stereocenters. The van der Waals surface area contributed by atoms with Crippen molar-refractivity contribution in [1.29, 1.82) is 0 Å². The van der Waals surface area contributed by atoms with Crippen molar-refractivity contribution in [3.05, 3.63) is 51.6 Å². The normalized spacial score (nSPS) is 11.0. The number of carbonyl (C=O) groups is 1. The van der Waals surface area contributed by atoms with E-state index >= 15 is 0 Å². The summed E-state index contributed by atoms with van der Waals surface area (Å²) < 4.78 is 10.6. The Labute approximate surface area is 156 Å². The van der Waals surface area contributed by atoms with Gasteiger partial charge in [0, 0.05) is 17.5 Å². The zero-order valence-electron chi connectivity index (χ0n) is 15.2. The summed E-state index contributed by atoms with van der Waals surface area (Å²) in [5.41, 5.74) is 2.28. The van der Waals surface area contributed by atoms with Crippen molar-refractivity contribution in [1.82, 2.24) is 15.5 Å². The van der Waals surface area contributed by atoms with Crippen LogP contribution in [0.2, 0.25) is 0 Å². The number of hydrogen-bond donors (Lipinski definition) is 1. The highest BCUT2D eigenvalue weighted by atomic mass is 32.1. The number of hydrogen-bond acceptors (Lipinski definition) is 6. The van der Waals surface area contributed by atoms with E-state index in [2.05, 4.69) is 29.3 Å². The molecular weight excluding hydrogens is 350 g/mol. The summed E-state index contributed by atoms with van der Waals surface area (Å²) in [4.78, 5) is 17.5. The topological polar surface area (TPSA) is 77.2 Å². The molecule has 0 saturated carbocycles. The fraction of sp³-hybridized carbons (Fsp3) is 0.316. The SMILES string of the molecule is COc1cccc(-c2cc(CNC(=O)c3sc(C(C)C)nc3C)no2)c1. The number of nitrogens with one attached hydrogen (secondary N) is 1. The van der Waals surface area contributed by atoms with Crippen LogP contribution in [0, 0.1) is 6.92 Å². The average Bonchev–Trinajstić information content (AvgIpc) is 3.26. The fourth-order valence-electron chi connectivity index (χ4n) is 2.43. The van der Waals surface area contributed by atoms with Gasteiger partial charge in [-0.05, 0) is 19.1 Å². The maximum absolute atomic E-state index is 12.4. The second-order valence-electron chi connectivity index (χ2n) is 6.22. The molecule has 2 aromatic heterocycles. The average molecular weight is 371 g/mol. The Morgan fingerprint density at radius 3 is 2.85 bits per heavy atom. The van der Waals surface area contributed by atoms with Gasteiger partial charge in [0.25, 0.3) is 5.91 Å². The molecule has 3 aromatic rings. The molecule has 3 rings (SSSR count). The number of amides is 1. The van der Waals surface area contributed by atoms with Crippen molar-refractivity contribution in [2.24, 2.45) is 0 Å². The number of methoxy groups -OCH3 is 1. The summed E-state index contributed by atoms with van der Waals surface area (Å²) in [7, 11) is 1.62. The van der Waals surface area contributed by atoms with Crippen LogP contribution in [0.25, 0.3) is 11.3 Å². The molecule has 0 bridgehead atoms. The number of ether oxygens (including phenoxy) is 1. The Bertz CT molecular complexity index is 914. The van der Waals surface area contributed by atoms with E-state index in [1.54, 1.807) is 7.11 Å². The highest BCUT2D eigenvalue weighted by Gasteiger charge is 2.17. The van der Waals surface area contributed by atoms with Gasteiger partial charge < -0.3 is 14.6 Å². The molecule has 0 aliphatic rings. The van der Waals surface area contributed by atoms with E-state index in [4.69, 9.17) is 9.26 Å². The molecule has 0 fully saturated rings. The smallest absolute Gasteiger partial charge is 0.263 e. The van der Waals surface area contributed by atoms with Crippen LogP contribution in [0.1, 0.15) is 45.8 Å². The van der Waals surface area contributed by atoms with Gasteiger partial charge in [0.15, 0.2) is 5.76 Å². The summed E-state index contributed by atoms with van der Waals surface area (Å²) >= 11 is 1.44. The quantitative estimate of drug-likeness (QED) is 0.704.